The molecule has 2 nitrogen and oxygen atoms in total. The van der Waals surface area contributed by atoms with E-state index in [0.29, 0.717) is 12.2 Å². The van der Waals surface area contributed by atoms with Gasteiger partial charge in [0.15, 0.2) is 0 Å². The summed E-state index contributed by atoms with van der Waals surface area (Å²) in [5, 5.41) is 3.53. The van der Waals surface area contributed by atoms with Gasteiger partial charge in [-0.2, -0.15) is 0 Å². The van der Waals surface area contributed by atoms with E-state index in [1.54, 1.807) is 0 Å². The highest BCUT2D eigenvalue weighted by molar-refractivity contribution is 5.14. The SMILES string of the molecule is c1ccc(CNCC[C@@H]2C[C@H]3CC[C@H]2O3)cc1. The number of nitrogens with one attached hydrogen (secondary N) is 1. The van der Waals surface area contributed by atoms with Crippen molar-refractivity contribution >= 4 is 0 Å². The maximum Gasteiger partial charge on any atom is 0.0609 e. The first-order valence-electron chi connectivity index (χ1n) is 6.82. The van der Waals surface area contributed by atoms with E-state index in [4.69, 9.17) is 4.74 Å². The Morgan fingerprint density at radius 1 is 1.18 bits per heavy atom. The molecule has 2 bridgehead atoms. The van der Waals surface area contributed by atoms with Gasteiger partial charge < -0.3 is 10.1 Å². The first-order valence-corrected chi connectivity index (χ1v) is 6.82. The van der Waals surface area contributed by atoms with Gasteiger partial charge >= 0.3 is 0 Å². The highest BCUT2D eigenvalue weighted by Gasteiger charge is 2.39. The molecule has 2 heterocycles. The van der Waals surface area contributed by atoms with E-state index in [1.165, 1.54) is 31.2 Å². The molecule has 3 rings (SSSR count). The summed E-state index contributed by atoms with van der Waals surface area (Å²) in [7, 11) is 0. The molecular weight excluding hydrogens is 210 g/mol. The molecule has 1 aromatic carbocycles. The second kappa shape index (κ2) is 5.19. The van der Waals surface area contributed by atoms with Gasteiger partial charge in [-0.25, -0.2) is 0 Å². The van der Waals surface area contributed by atoms with Gasteiger partial charge in [0.1, 0.15) is 0 Å². The Morgan fingerprint density at radius 3 is 2.76 bits per heavy atom. The third-order valence-corrected chi connectivity index (χ3v) is 4.10. The maximum atomic E-state index is 5.87. The molecule has 2 aliphatic heterocycles. The molecule has 0 unspecified atom stereocenters. The van der Waals surface area contributed by atoms with Crippen molar-refractivity contribution in [3.63, 3.8) is 0 Å². The van der Waals surface area contributed by atoms with Crippen molar-refractivity contribution in [1.82, 2.24) is 5.32 Å². The van der Waals surface area contributed by atoms with E-state index >= 15 is 0 Å². The molecule has 2 aliphatic rings. The summed E-state index contributed by atoms with van der Waals surface area (Å²) in [4.78, 5) is 0. The lowest BCUT2D eigenvalue weighted by molar-refractivity contribution is 0.0913. The first kappa shape index (κ1) is 11.2. The van der Waals surface area contributed by atoms with Gasteiger partial charge in [0.25, 0.3) is 0 Å². The molecule has 1 aromatic rings. The van der Waals surface area contributed by atoms with E-state index in [1.807, 2.05) is 0 Å². The van der Waals surface area contributed by atoms with Crippen LogP contribution in [0.5, 0.6) is 0 Å². The smallest absolute Gasteiger partial charge is 0.0609 e. The Labute approximate surface area is 103 Å². The largest absolute Gasteiger partial charge is 0.375 e. The van der Waals surface area contributed by atoms with Gasteiger partial charge in [-0.1, -0.05) is 30.3 Å². The molecule has 92 valence electrons. The lowest BCUT2D eigenvalue weighted by atomic mass is 9.87. The van der Waals surface area contributed by atoms with Crippen LogP contribution in [-0.2, 0) is 11.3 Å². The monoisotopic (exact) mass is 231 g/mol. The van der Waals surface area contributed by atoms with Crippen molar-refractivity contribution in [3.05, 3.63) is 35.9 Å². The molecule has 1 N–H and O–H groups in total. The van der Waals surface area contributed by atoms with Crippen LogP contribution in [0.25, 0.3) is 0 Å². The van der Waals surface area contributed by atoms with Crippen molar-refractivity contribution in [3.8, 4) is 0 Å². The van der Waals surface area contributed by atoms with E-state index in [9.17, 15) is 0 Å². The van der Waals surface area contributed by atoms with E-state index < -0.39 is 0 Å². The highest BCUT2D eigenvalue weighted by atomic mass is 16.5. The van der Waals surface area contributed by atoms with Crippen LogP contribution >= 0.6 is 0 Å². The molecule has 2 saturated heterocycles. The van der Waals surface area contributed by atoms with Crippen LogP contribution in [0.1, 0.15) is 31.2 Å². The van der Waals surface area contributed by atoms with Crippen LogP contribution in [0, 0.1) is 5.92 Å². The fourth-order valence-electron chi connectivity index (χ4n) is 3.16. The van der Waals surface area contributed by atoms with Crippen LogP contribution in [0.2, 0.25) is 0 Å². The minimum absolute atomic E-state index is 0.582. The van der Waals surface area contributed by atoms with Crippen molar-refractivity contribution in [2.24, 2.45) is 5.92 Å². The zero-order valence-electron chi connectivity index (χ0n) is 10.3. The van der Waals surface area contributed by atoms with Gasteiger partial charge in [0.2, 0.25) is 0 Å². The average molecular weight is 231 g/mol. The topological polar surface area (TPSA) is 21.3 Å². The molecule has 0 radical (unpaired) electrons. The predicted octanol–water partition coefficient (Wildman–Crippen LogP) is 2.73. The molecule has 0 spiro atoms. The van der Waals surface area contributed by atoms with Crippen molar-refractivity contribution < 1.29 is 4.74 Å². The van der Waals surface area contributed by atoms with Crippen molar-refractivity contribution in [2.45, 2.75) is 44.4 Å². The standard InChI is InChI=1S/C15H21NO/c1-2-4-12(5-3-1)11-16-9-8-13-10-14-6-7-15(13)17-14/h1-5,13-16H,6-11H2/t13-,14-,15-/m1/s1. The Balaban J connectivity index is 1.36. The zero-order valence-corrected chi connectivity index (χ0v) is 10.3. The van der Waals surface area contributed by atoms with Gasteiger partial charge in [-0.15, -0.1) is 0 Å². The number of hydrogen-bond acceptors (Lipinski definition) is 2. The minimum Gasteiger partial charge on any atom is -0.375 e. The van der Waals surface area contributed by atoms with Gasteiger partial charge in [-0.05, 0) is 43.7 Å². The summed E-state index contributed by atoms with van der Waals surface area (Å²) in [5.74, 6) is 0.817. The van der Waals surface area contributed by atoms with E-state index in [0.717, 1.165) is 19.0 Å². The predicted molar refractivity (Wildman–Crippen MR) is 68.8 cm³/mol. The van der Waals surface area contributed by atoms with Crippen LogP contribution in [0.15, 0.2) is 30.3 Å². The van der Waals surface area contributed by atoms with E-state index in [2.05, 4.69) is 35.6 Å². The number of rotatable bonds is 5. The second-order valence-electron chi connectivity index (χ2n) is 5.32. The normalized spacial score (nSPS) is 30.9. The Bertz CT molecular complexity index is 351. The Morgan fingerprint density at radius 2 is 2.06 bits per heavy atom. The summed E-state index contributed by atoms with van der Waals surface area (Å²) in [5.41, 5.74) is 1.37. The number of hydrogen-bond donors (Lipinski definition) is 1. The van der Waals surface area contributed by atoms with Crippen LogP contribution in [-0.4, -0.2) is 18.8 Å². The maximum absolute atomic E-state index is 5.87. The van der Waals surface area contributed by atoms with Crippen molar-refractivity contribution in [1.29, 1.82) is 0 Å². The number of ether oxygens (including phenoxy) is 1. The fraction of sp³-hybridized carbons (Fsp3) is 0.600. The van der Waals surface area contributed by atoms with Crippen LogP contribution in [0.4, 0.5) is 0 Å². The zero-order chi connectivity index (χ0) is 11.5. The first-order chi connectivity index (χ1) is 8.42. The molecular formula is C15H21NO. The summed E-state index contributed by atoms with van der Waals surface area (Å²) < 4.78 is 5.87. The molecule has 0 saturated carbocycles. The molecule has 2 fully saturated rings. The Hall–Kier alpha value is -0.860. The second-order valence-corrected chi connectivity index (χ2v) is 5.32. The quantitative estimate of drug-likeness (QED) is 0.787. The lowest BCUT2D eigenvalue weighted by Gasteiger charge is -2.18. The summed E-state index contributed by atoms with van der Waals surface area (Å²) >= 11 is 0. The van der Waals surface area contributed by atoms with Crippen LogP contribution < -0.4 is 5.32 Å². The summed E-state index contributed by atoms with van der Waals surface area (Å²) in [6.07, 6.45) is 6.36. The molecule has 3 atom stereocenters. The minimum atomic E-state index is 0.582. The molecule has 17 heavy (non-hydrogen) atoms. The average Bonchev–Trinajstić information content (AvgIpc) is 2.98. The van der Waals surface area contributed by atoms with E-state index in [-0.39, 0.29) is 0 Å². The van der Waals surface area contributed by atoms with Gasteiger partial charge in [0, 0.05) is 6.54 Å². The number of fused-ring (bicyclic) bond motifs is 2. The van der Waals surface area contributed by atoms with Crippen LogP contribution in [0.3, 0.4) is 0 Å². The lowest BCUT2D eigenvalue weighted by Crippen LogP contribution is -2.23. The summed E-state index contributed by atoms with van der Waals surface area (Å²) in [6, 6.07) is 10.6. The van der Waals surface area contributed by atoms with Gasteiger partial charge in [0.05, 0.1) is 12.2 Å². The fourth-order valence-corrected chi connectivity index (χ4v) is 3.16. The van der Waals surface area contributed by atoms with Crippen molar-refractivity contribution in [2.75, 3.05) is 6.54 Å². The molecule has 0 amide bonds. The van der Waals surface area contributed by atoms with Gasteiger partial charge in [-0.3, -0.25) is 0 Å². The summed E-state index contributed by atoms with van der Waals surface area (Å²) in [6.45, 7) is 2.11. The molecule has 2 heteroatoms. The third-order valence-electron chi connectivity index (χ3n) is 4.10. The molecule has 0 aromatic heterocycles. The molecule has 0 aliphatic carbocycles. The number of benzene rings is 1. The Kier molecular flexibility index (Phi) is 3.44. The third kappa shape index (κ3) is 2.70. The highest BCUT2D eigenvalue weighted by Crippen LogP contribution is 2.40.